The molecule has 0 radical (unpaired) electrons. The summed E-state index contributed by atoms with van der Waals surface area (Å²) in [5, 5.41) is 25.9. The van der Waals surface area contributed by atoms with E-state index in [1.165, 1.54) is 24.3 Å². The lowest BCUT2D eigenvalue weighted by molar-refractivity contribution is -0.384. The molecule has 3 aromatic rings. The number of aromatic nitrogens is 1. The van der Waals surface area contributed by atoms with Crippen LogP contribution in [0.4, 0.5) is 11.4 Å². The van der Waals surface area contributed by atoms with E-state index in [1.807, 2.05) is 30.3 Å². The molecule has 2 aromatic carbocycles. The van der Waals surface area contributed by atoms with E-state index < -0.39 is 4.92 Å². The van der Waals surface area contributed by atoms with Crippen molar-refractivity contribution in [2.45, 2.75) is 50.9 Å². The first-order valence-electron chi connectivity index (χ1n) is 12.2. The summed E-state index contributed by atoms with van der Waals surface area (Å²) in [5.74, 6) is 0.255. The molecule has 0 spiro atoms. The van der Waals surface area contributed by atoms with Gasteiger partial charge in [-0.15, -0.1) is 0 Å². The Balaban J connectivity index is 1.35. The second kappa shape index (κ2) is 10.3. The number of aliphatic imine (C=N–C) groups is 1. The average molecular weight is 500 g/mol. The van der Waals surface area contributed by atoms with Gasteiger partial charge >= 0.3 is 0 Å². The largest absolute Gasteiger partial charge is 0.511 e. The van der Waals surface area contributed by atoms with Gasteiger partial charge in [-0.2, -0.15) is 0 Å². The molecule has 188 valence electrons. The highest BCUT2D eigenvalue weighted by atomic mass is 16.6. The highest BCUT2D eigenvalue weighted by Gasteiger charge is 2.33. The van der Waals surface area contributed by atoms with Crippen LogP contribution in [0, 0.1) is 10.1 Å². The van der Waals surface area contributed by atoms with E-state index in [-0.39, 0.29) is 47.3 Å². The van der Waals surface area contributed by atoms with Crippen molar-refractivity contribution in [2.75, 3.05) is 0 Å². The number of hydrogen-bond donors (Lipinski definition) is 1. The number of allylic oxidation sites excluding steroid dienone is 2. The van der Waals surface area contributed by atoms with Crippen LogP contribution in [0.1, 0.15) is 65.4 Å². The second-order valence-corrected chi connectivity index (χ2v) is 9.30. The predicted molar refractivity (Wildman–Crippen MR) is 135 cm³/mol. The van der Waals surface area contributed by atoms with Crippen LogP contribution >= 0.6 is 0 Å². The molecule has 9 heteroatoms. The van der Waals surface area contributed by atoms with Gasteiger partial charge in [0.2, 0.25) is 0 Å². The summed E-state index contributed by atoms with van der Waals surface area (Å²) in [6.45, 7) is 0. The number of hydrogen-bond acceptors (Lipinski definition) is 8. The summed E-state index contributed by atoms with van der Waals surface area (Å²) in [5.41, 5.74) is 3.09. The molecule has 37 heavy (non-hydrogen) atoms. The van der Waals surface area contributed by atoms with Gasteiger partial charge in [0.05, 0.1) is 33.2 Å². The maximum Gasteiger partial charge on any atom is 0.269 e. The summed E-state index contributed by atoms with van der Waals surface area (Å²) >= 11 is 0. The van der Waals surface area contributed by atoms with Gasteiger partial charge in [-0.3, -0.25) is 24.7 Å². The van der Waals surface area contributed by atoms with Gasteiger partial charge in [-0.25, -0.2) is 0 Å². The summed E-state index contributed by atoms with van der Waals surface area (Å²) < 4.78 is 5.53. The third-order valence-corrected chi connectivity index (χ3v) is 6.84. The lowest BCUT2D eigenvalue weighted by atomic mass is 9.81. The highest BCUT2D eigenvalue weighted by molar-refractivity contribution is 6.24. The number of benzene rings is 2. The Bertz CT molecular complexity index is 1420. The van der Waals surface area contributed by atoms with Crippen molar-refractivity contribution in [3.05, 3.63) is 98.6 Å². The van der Waals surface area contributed by atoms with Crippen LogP contribution in [0.3, 0.4) is 0 Å². The first kappa shape index (κ1) is 24.3. The number of Topliss-reactive ketones (excluding diaryl/α,β-unsaturated/α-hetero) is 2. The number of aliphatic hydroxyl groups is 1. The number of non-ortho nitro benzene ring substituents is 1. The van der Waals surface area contributed by atoms with E-state index in [2.05, 4.69) is 10.1 Å². The molecule has 1 aromatic heterocycles. The van der Waals surface area contributed by atoms with Gasteiger partial charge in [0.1, 0.15) is 11.5 Å². The van der Waals surface area contributed by atoms with E-state index in [9.17, 15) is 24.8 Å². The number of carbonyl (C=O) groups excluding carboxylic acids is 2. The van der Waals surface area contributed by atoms with Crippen molar-refractivity contribution in [3.63, 3.8) is 0 Å². The molecule has 0 amide bonds. The van der Waals surface area contributed by atoms with Crippen LogP contribution in [0.15, 0.2) is 75.4 Å². The number of nitro groups is 1. The number of ketones is 2. The molecule has 0 aliphatic heterocycles. The third kappa shape index (κ3) is 5.11. The van der Waals surface area contributed by atoms with Crippen LogP contribution in [0.2, 0.25) is 0 Å². The number of carbonyl (C=O) groups is 2. The molecule has 1 heterocycles. The number of aliphatic hydroxyl groups excluding tert-OH is 1. The average Bonchev–Trinajstić information content (AvgIpc) is 3.32. The van der Waals surface area contributed by atoms with Crippen molar-refractivity contribution >= 4 is 28.7 Å². The maximum atomic E-state index is 13.0. The fraction of sp³-hybridized carbons (Fsp3) is 0.286. The van der Waals surface area contributed by atoms with Gasteiger partial charge in [-0.1, -0.05) is 35.5 Å². The molecule has 1 fully saturated rings. The van der Waals surface area contributed by atoms with E-state index in [4.69, 9.17) is 4.52 Å². The zero-order valence-electron chi connectivity index (χ0n) is 20.1. The van der Waals surface area contributed by atoms with Crippen molar-refractivity contribution < 1.29 is 24.1 Å². The predicted octanol–water partition coefficient (Wildman–Crippen LogP) is 5.77. The summed E-state index contributed by atoms with van der Waals surface area (Å²) in [6.07, 6.45) is 2.70. The number of fused-ring (bicyclic) bond motifs is 1. The molecule has 1 unspecified atom stereocenters. The van der Waals surface area contributed by atoms with Crippen LogP contribution in [0.5, 0.6) is 0 Å². The highest BCUT2D eigenvalue weighted by Crippen LogP contribution is 2.35. The lowest BCUT2D eigenvalue weighted by Crippen LogP contribution is -2.21. The molecule has 0 saturated heterocycles. The molecule has 2 aliphatic carbocycles. The van der Waals surface area contributed by atoms with Gasteiger partial charge < -0.3 is 9.63 Å². The van der Waals surface area contributed by atoms with E-state index >= 15 is 0 Å². The zero-order chi connectivity index (χ0) is 25.9. The van der Waals surface area contributed by atoms with Crippen molar-refractivity contribution in [3.8, 4) is 0 Å². The third-order valence-electron chi connectivity index (χ3n) is 6.84. The Morgan fingerprint density at radius 2 is 1.81 bits per heavy atom. The van der Waals surface area contributed by atoms with E-state index in [1.54, 1.807) is 0 Å². The topological polar surface area (TPSA) is 136 Å². The van der Waals surface area contributed by atoms with Crippen LogP contribution in [-0.2, 0) is 17.6 Å². The molecular formula is C28H25N3O6. The minimum Gasteiger partial charge on any atom is -0.511 e. The molecule has 1 saturated carbocycles. The Hall–Kier alpha value is -4.40. The smallest absolute Gasteiger partial charge is 0.269 e. The van der Waals surface area contributed by atoms with Gasteiger partial charge in [0, 0.05) is 44.2 Å². The Kier molecular flexibility index (Phi) is 6.76. The monoisotopic (exact) mass is 499 g/mol. The van der Waals surface area contributed by atoms with Crippen molar-refractivity contribution in [1.82, 2.24) is 5.16 Å². The van der Waals surface area contributed by atoms with Gasteiger partial charge in [0.15, 0.2) is 11.6 Å². The molecule has 1 atom stereocenters. The Labute approximate surface area is 212 Å². The molecule has 1 N–H and O–H groups in total. The standard InChI is InChI=1S/C28H25N3O6/c32-23-8-4-7-21(29-19-9-11-20(12-10-19)31(35)36)27(23)24(33)14-13-22-28-25(34)15-18(16-26(28)37-30-22)17-5-2-1-3-6-17/h1-3,5-6,9-12,18,33H,4,7-8,13-16H2. The molecule has 9 nitrogen and oxygen atoms in total. The first-order valence-corrected chi connectivity index (χ1v) is 12.2. The molecule has 2 aliphatic rings. The molecule has 5 rings (SSSR count). The quantitative estimate of drug-likeness (QED) is 0.197. The lowest BCUT2D eigenvalue weighted by Gasteiger charge is -2.20. The number of nitrogens with zero attached hydrogens (tertiary/aromatic N) is 3. The van der Waals surface area contributed by atoms with Gasteiger partial charge in [0.25, 0.3) is 5.69 Å². The summed E-state index contributed by atoms with van der Waals surface area (Å²) in [7, 11) is 0. The second-order valence-electron chi connectivity index (χ2n) is 9.30. The van der Waals surface area contributed by atoms with Crippen LogP contribution < -0.4 is 0 Å². The Morgan fingerprint density at radius 1 is 1.05 bits per heavy atom. The van der Waals surface area contributed by atoms with Crippen LogP contribution in [0.25, 0.3) is 0 Å². The van der Waals surface area contributed by atoms with Crippen molar-refractivity contribution in [1.29, 1.82) is 0 Å². The number of rotatable bonds is 6. The Morgan fingerprint density at radius 3 is 2.54 bits per heavy atom. The fourth-order valence-electron chi connectivity index (χ4n) is 5.00. The van der Waals surface area contributed by atoms with Crippen LogP contribution in [-0.4, -0.2) is 32.5 Å². The first-order chi connectivity index (χ1) is 17.9. The SMILES string of the molecule is O=C1CCCC(=Nc2ccc([N+](=O)[O-])cc2)C1=C(O)CCc1noc2c1C(=O)CC(c1ccccc1)C2. The van der Waals surface area contributed by atoms with Crippen molar-refractivity contribution in [2.24, 2.45) is 4.99 Å². The molecule has 0 bridgehead atoms. The number of nitro benzene ring substituents is 1. The minimum atomic E-state index is -0.493. The minimum absolute atomic E-state index is 0.0346. The number of aryl methyl sites for hydroxylation is 1. The maximum absolute atomic E-state index is 13.0. The normalized spacial score (nSPS) is 20.1. The van der Waals surface area contributed by atoms with E-state index in [0.717, 1.165) is 5.56 Å². The summed E-state index contributed by atoms with van der Waals surface area (Å²) in [4.78, 5) is 40.6. The van der Waals surface area contributed by atoms with E-state index in [0.29, 0.717) is 60.5 Å². The summed E-state index contributed by atoms with van der Waals surface area (Å²) in [6, 6.07) is 15.5. The zero-order valence-corrected chi connectivity index (χ0v) is 20.1. The van der Waals surface area contributed by atoms with Gasteiger partial charge in [-0.05, 0) is 36.5 Å². The molecular weight excluding hydrogens is 474 g/mol. The fourth-order valence-corrected chi connectivity index (χ4v) is 5.00.